The molecular formula is C19H22FN3O. The van der Waals surface area contributed by atoms with Gasteiger partial charge < -0.3 is 4.90 Å². The normalized spacial score (nSPS) is 17.5. The number of likely N-dealkylation sites (tertiary alicyclic amines) is 1. The van der Waals surface area contributed by atoms with E-state index in [0.717, 1.165) is 55.7 Å². The molecule has 2 heterocycles. The summed E-state index contributed by atoms with van der Waals surface area (Å²) < 4.78 is 15.4. The van der Waals surface area contributed by atoms with E-state index in [4.69, 9.17) is 5.10 Å². The maximum absolute atomic E-state index is 13.7. The van der Waals surface area contributed by atoms with Gasteiger partial charge in [0.2, 0.25) is 0 Å². The number of carbonyl (C=O) groups excluding carboxylic acids is 1. The van der Waals surface area contributed by atoms with E-state index in [-0.39, 0.29) is 11.7 Å². The third-order valence-corrected chi connectivity index (χ3v) is 4.97. The maximum atomic E-state index is 13.7. The van der Waals surface area contributed by atoms with Crippen LogP contribution in [0.3, 0.4) is 0 Å². The van der Waals surface area contributed by atoms with Gasteiger partial charge in [-0.1, -0.05) is 13.0 Å². The molecular weight excluding hydrogens is 305 g/mol. The van der Waals surface area contributed by atoms with E-state index in [1.807, 2.05) is 17.9 Å². The van der Waals surface area contributed by atoms with Crippen molar-refractivity contribution < 1.29 is 9.18 Å². The molecule has 4 rings (SSSR count). The van der Waals surface area contributed by atoms with Crippen LogP contribution >= 0.6 is 0 Å². The lowest BCUT2D eigenvalue weighted by Gasteiger charge is -2.16. The quantitative estimate of drug-likeness (QED) is 0.859. The number of amides is 1. The predicted molar refractivity (Wildman–Crippen MR) is 90.0 cm³/mol. The molecule has 0 unspecified atom stereocenters. The molecule has 1 aliphatic heterocycles. The van der Waals surface area contributed by atoms with Crippen molar-refractivity contribution >= 4 is 5.91 Å². The molecule has 1 aromatic carbocycles. The Kier molecular flexibility index (Phi) is 3.87. The molecule has 0 bridgehead atoms. The first-order chi connectivity index (χ1) is 11.7. The van der Waals surface area contributed by atoms with E-state index < -0.39 is 0 Å². The standard InChI is InChI=1S/C19H22FN3O/c1-2-16-17(19(24)22-10-3-4-11-22)18(13-8-9-13)21-23(16)15-7-5-6-14(20)12-15/h5-7,12-13H,2-4,8-11H2,1H3. The SMILES string of the molecule is CCc1c(C(=O)N2CCCC2)c(C2CC2)nn1-c1cccc(F)c1. The summed E-state index contributed by atoms with van der Waals surface area (Å²) in [5, 5.41) is 4.75. The Balaban J connectivity index is 1.83. The van der Waals surface area contributed by atoms with Gasteiger partial charge in [-0.15, -0.1) is 0 Å². The Morgan fingerprint density at radius 3 is 2.67 bits per heavy atom. The average Bonchev–Trinajstić information content (AvgIpc) is 3.14. The summed E-state index contributed by atoms with van der Waals surface area (Å²) >= 11 is 0. The molecule has 0 atom stereocenters. The Morgan fingerprint density at radius 1 is 1.29 bits per heavy atom. The molecule has 126 valence electrons. The van der Waals surface area contributed by atoms with Gasteiger partial charge >= 0.3 is 0 Å². The molecule has 5 heteroatoms. The molecule has 1 aliphatic carbocycles. The van der Waals surface area contributed by atoms with Crippen molar-refractivity contribution in [2.45, 2.75) is 44.9 Å². The first-order valence-electron chi connectivity index (χ1n) is 8.86. The molecule has 2 aromatic rings. The van der Waals surface area contributed by atoms with Crippen LogP contribution in [0.2, 0.25) is 0 Å². The van der Waals surface area contributed by atoms with Crippen LogP contribution in [-0.2, 0) is 6.42 Å². The number of hydrogen-bond donors (Lipinski definition) is 0. The van der Waals surface area contributed by atoms with Crippen LogP contribution in [0.5, 0.6) is 0 Å². The number of aromatic nitrogens is 2. The first kappa shape index (κ1) is 15.4. The number of nitrogens with zero attached hydrogens (tertiary/aromatic N) is 3. The zero-order valence-electron chi connectivity index (χ0n) is 14.0. The number of halogens is 1. The van der Waals surface area contributed by atoms with Crippen molar-refractivity contribution in [3.63, 3.8) is 0 Å². The summed E-state index contributed by atoms with van der Waals surface area (Å²) in [4.78, 5) is 15.0. The van der Waals surface area contributed by atoms with Gasteiger partial charge in [-0.3, -0.25) is 4.79 Å². The third kappa shape index (κ3) is 2.62. The van der Waals surface area contributed by atoms with Crippen molar-refractivity contribution in [3.05, 3.63) is 47.0 Å². The van der Waals surface area contributed by atoms with Crippen LogP contribution in [0.1, 0.15) is 60.3 Å². The van der Waals surface area contributed by atoms with Crippen molar-refractivity contribution in [3.8, 4) is 5.69 Å². The van der Waals surface area contributed by atoms with E-state index in [1.54, 1.807) is 10.7 Å². The maximum Gasteiger partial charge on any atom is 0.257 e. The highest BCUT2D eigenvalue weighted by molar-refractivity contribution is 5.97. The van der Waals surface area contributed by atoms with Crippen LogP contribution < -0.4 is 0 Å². The summed E-state index contributed by atoms with van der Waals surface area (Å²) in [6, 6.07) is 6.43. The van der Waals surface area contributed by atoms with Gasteiger partial charge in [0.25, 0.3) is 5.91 Å². The molecule has 24 heavy (non-hydrogen) atoms. The molecule has 0 spiro atoms. The number of rotatable bonds is 4. The minimum absolute atomic E-state index is 0.105. The summed E-state index contributed by atoms with van der Waals surface area (Å²) in [5.74, 6) is 0.200. The lowest BCUT2D eigenvalue weighted by atomic mass is 10.1. The van der Waals surface area contributed by atoms with Crippen molar-refractivity contribution in [2.24, 2.45) is 0 Å². The Hall–Kier alpha value is -2.17. The van der Waals surface area contributed by atoms with E-state index in [9.17, 15) is 9.18 Å². The molecule has 0 radical (unpaired) electrons. The predicted octanol–water partition coefficient (Wildman–Crippen LogP) is 3.69. The summed E-state index contributed by atoms with van der Waals surface area (Å²) in [5.41, 5.74) is 3.27. The second-order valence-corrected chi connectivity index (χ2v) is 6.73. The Labute approximate surface area is 141 Å². The van der Waals surface area contributed by atoms with E-state index in [1.165, 1.54) is 12.1 Å². The molecule has 1 aromatic heterocycles. The monoisotopic (exact) mass is 327 g/mol. The van der Waals surface area contributed by atoms with Crippen LogP contribution in [0, 0.1) is 5.82 Å². The average molecular weight is 327 g/mol. The van der Waals surface area contributed by atoms with Gasteiger partial charge in [0.15, 0.2) is 0 Å². The number of carbonyl (C=O) groups is 1. The van der Waals surface area contributed by atoms with E-state index >= 15 is 0 Å². The number of hydrogen-bond acceptors (Lipinski definition) is 2. The minimum atomic E-state index is -0.287. The van der Waals surface area contributed by atoms with E-state index in [0.29, 0.717) is 18.0 Å². The van der Waals surface area contributed by atoms with E-state index in [2.05, 4.69) is 0 Å². The fraction of sp³-hybridized carbons (Fsp3) is 0.474. The van der Waals surface area contributed by atoms with Gasteiger partial charge in [-0.05, 0) is 50.3 Å². The smallest absolute Gasteiger partial charge is 0.257 e. The van der Waals surface area contributed by atoms with Gasteiger partial charge in [-0.25, -0.2) is 9.07 Å². The Bertz CT molecular complexity index is 773. The van der Waals surface area contributed by atoms with Gasteiger partial charge in [0.05, 0.1) is 22.6 Å². The highest BCUT2D eigenvalue weighted by atomic mass is 19.1. The Morgan fingerprint density at radius 2 is 2.04 bits per heavy atom. The van der Waals surface area contributed by atoms with Crippen LogP contribution in [0.25, 0.3) is 5.69 Å². The van der Waals surface area contributed by atoms with Crippen LogP contribution in [-0.4, -0.2) is 33.7 Å². The van der Waals surface area contributed by atoms with Gasteiger partial charge in [0, 0.05) is 19.0 Å². The highest BCUT2D eigenvalue weighted by Gasteiger charge is 2.36. The second-order valence-electron chi connectivity index (χ2n) is 6.73. The molecule has 4 nitrogen and oxygen atoms in total. The third-order valence-electron chi connectivity index (χ3n) is 4.97. The van der Waals surface area contributed by atoms with Crippen LogP contribution in [0.15, 0.2) is 24.3 Å². The van der Waals surface area contributed by atoms with Gasteiger partial charge in [0.1, 0.15) is 5.82 Å². The number of benzene rings is 1. The fourth-order valence-corrected chi connectivity index (χ4v) is 3.57. The lowest BCUT2D eigenvalue weighted by Crippen LogP contribution is -2.29. The largest absolute Gasteiger partial charge is 0.339 e. The molecule has 1 saturated carbocycles. The first-order valence-corrected chi connectivity index (χ1v) is 8.86. The molecule has 0 N–H and O–H groups in total. The van der Waals surface area contributed by atoms with Gasteiger partial charge in [-0.2, -0.15) is 5.10 Å². The zero-order valence-corrected chi connectivity index (χ0v) is 14.0. The summed E-state index contributed by atoms with van der Waals surface area (Å²) in [7, 11) is 0. The molecule has 1 saturated heterocycles. The minimum Gasteiger partial charge on any atom is -0.339 e. The summed E-state index contributed by atoms with van der Waals surface area (Å²) in [6.07, 6.45) is 5.02. The van der Waals surface area contributed by atoms with Crippen molar-refractivity contribution in [2.75, 3.05) is 13.1 Å². The van der Waals surface area contributed by atoms with Crippen molar-refractivity contribution in [1.82, 2.24) is 14.7 Å². The van der Waals surface area contributed by atoms with Crippen LogP contribution in [0.4, 0.5) is 4.39 Å². The zero-order chi connectivity index (χ0) is 16.7. The summed E-state index contributed by atoms with van der Waals surface area (Å²) in [6.45, 7) is 3.69. The fourth-order valence-electron chi connectivity index (χ4n) is 3.57. The molecule has 2 fully saturated rings. The topological polar surface area (TPSA) is 38.1 Å². The molecule has 1 amide bonds. The highest BCUT2D eigenvalue weighted by Crippen LogP contribution is 2.42. The van der Waals surface area contributed by atoms with Crippen molar-refractivity contribution in [1.29, 1.82) is 0 Å². The lowest BCUT2D eigenvalue weighted by molar-refractivity contribution is 0.0790. The molecule has 2 aliphatic rings. The second kappa shape index (κ2) is 6.04.